The Kier molecular flexibility index (Phi) is 5.12. The Bertz CT molecular complexity index is 933. The second-order valence-corrected chi connectivity index (χ2v) is 6.21. The van der Waals surface area contributed by atoms with Crippen molar-refractivity contribution in [3.63, 3.8) is 0 Å². The summed E-state index contributed by atoms with van der Waals surface area (Å²) in [5, 5.41) is 15.1. The monoisotopic (exact) mass is 417 g/mol. The van der Waals surface area contributed by atoms with Crippen LogP contribution >= 0.6 is 27.5 Å². The molecule has 0 aliphatic carbocycles. The van der Waals surface area contributed by atoms with Crippen LogP contribution in [0.15, 0.2) is 53.1 Å². The molecule has 1 aromatic heterocycles. The van der Waals surface area contributed by atoms with E-state index in [1.807, 2.05) is 0 Å². The molecule has 5 nitrogen and oxygen atoms in total. The van der Waals surface area contributed by atoms with Crippen LogP contribution in [0.1, 0.15) is 5.56 Å². The summed E-state index contributed by atoms with van der Waals surface area (Å²) in [7, 11) is 0. The second-order valence-electron chi connectivity index (χ2n) is 4.95. The first-order chi connectivity index (χ1) is 12.0. The molecule has 0 amide bonds. The van der Waals surface area contributed by atoms with Gasteiger partial charge in [0.2, 0.25) is 5.95 Å². The fourth-order valence-corrected chi connectivity index (χ4v) is 2.93. The van der Waals surface area contributed by atoms with Gasteiger partial charge in [0.15, 0.2) is 0 Å². The summed E-state index contributed by atoms with van der Waals surface area (Å²) < 4.78 is 13.8. The van der Waals surface area contributed by atoms with Gasteiger partial charge in [-0.3, -0.25) is 0 Å². The molecule has 8 heteroatoms. The van der Waals surface area contributed by atoms with E-state index in [0.29, 0.717) is 27.5 Å². The molecule has 2 N–H and O–H groups in total. The SMILES string of the molecule is N#Cc1ccc(Nc2nccc(Nc3c(Cl)cc(F)cc3Br)n2)cc1. The van der Waals surface area contributed by atoms with Gasteiger partial charge in [-0.25, -0.2) is 9.37 Å². The summed E-state index contributed by atoms with van der Waals surface area (Å²) in [5.74, 6) is 0.415. The number of hydrogen-bond donors (Lipinski definition) is 2. The van der Waals surface area contributed by atoms with Crippen molar-refractivity contribution >= 4 is 50.7 Å². The van der Waals surface area contributed by atoms with Gasteiger partial charge in [0.1, 0.15) is 11.6 Å². The van der Waals surface area contributed by atoms with E-state index in [2.05, 4.69) is 42.6 Å². The minimum Gasteiger partial charge on any atom is -0.338 e. The van der Waals surface area contributed by atoms with Gasteiger partial charge in [0.05, 0.1) is 22.3 Å². The third-order valence-corrected chi connectivity index (χ3v) is 4.11. The molecule has 1 heterocycles. The van der Waals surface area contributed by atoms with Crippen LogP contribution in [0.25, 0.3) is 0 Å². The summed E-state index contributed by atoms with van der Waals surface area (Å²) >= 11 is 9.33. The molecule has 0 bridgehead atoms. The standard InChI is InChI=1S/C17H10BrClFN5/c18-13-7-11(20)8-14(19)16(13)24-15-5-6-22-17(25-15)23-12-3-1-10(9-21)2-4-12/h1-8H,(H2,22,23,24,25). The van der Waals surface area contributed by atoms with Crippen molar-refractivity contribution in [3.05, 3.63) is 69.5 Å². The number of rotatable bonds is 4. The lowest BCUT2D eigenvalue weighted by molar-refractivity contribution is 0.627. The average Bonchev–Trinajstić information content (AvgIpc) is 2.59. The zero-order valence-electron chi connectivity index (χ0n) is 12.6. The van der Waals surface area contributed by atoms with E-state index in [0.717, 1.165) is 5.69 Å². The summed E-state index contributed by atoms with van der Waals surface area (Å²) in [6.45, 7) is 0. The molecule has 0 saturated carbocycles. The molecule has 2 aromatic carbocycles. The molecule has 3 aromatic rings. The second kappa shape index (κ2) is 7.47. The largest absolute Gasteiger partial charge is 0.338 e. The smallest absolute Gasteiger partial charge is 0.229 e. The Morgan fingerprint density at radius 1 is 1.12 bits per heavy atom. The zero-order valence-corrected chi connectivity index (χ0v) is 14.9. The first-order valence-electron chi connectivity index (χ1n) is 7.07. The number of benzene rings is 2. The van der Waals surface area contributed by atoms with E-state index in [4.69, 9.17) is 16.9 Å². The first kappa shape index (κ1) is 17.1. The maximum atomic E-state index is 13.3. The fraction of sp³-hybridized carbons (Fsp3) is 0. The van der Waals surface area contributed by atoms with Crippen LogP contribution in [0.3, 0.4) is 0 Å². The van der Waals surface area contributed by atoms with Crippen molar-refractivity contribution in [2.45, 2.75) is 0 Å². The Morgan fingerprint density at radius 3 is 2.56 bits per heavy atom. The van der Waals surface area contributed by atoms with Gasteiger partial charge in [-0.1, -0.05) is 11.6 Å². The maximum Gasteiger partial charge on any atom is 0.229 e. The summed E-state index contributed by atoms with van der Waals surface area (Å²) in [5.41, 5.74) is 1.82. The molecule has 3 rings (SSSR count). The molecule has 0 atom stereocenters. The Morgan fingerprint density at radius 2 is 1.88 bits per heavy atom. The number of nitrogens with one attached hydrogen (secondary N) is 2. The average molecular weight is 419 g/mol. The zero-order chi connectivity index (χ0) is 17.8. The highest BCUT2D eigenvalue weighted by Gasteiger charge is 2.10. The third kappa shape index (κ3) is 4.24. The first-order valence-corrected chi connectivity index (χ1v) is 8.24. The quantitative estimate of drug-likeness (QED) is 0.594. The maximum absolute atomic E-state index is 13.3. The minimum absolute atomic E-state index is 0.229. The van der Waals surface area contributed by atoms with Gasteiger partial charge >= 0.3 is 0 Å². The van der Waals surface area contributed by atoms with Gasteiger partial charge in [-0.15, -0.1) is 0 Å². The van der Waals surface area contributed by atoms with Gasteiger partial charge in [0.25, 0.3) is 0 Å². The highest BCUT2D eigenvalue weighted by Crippen LogP contribution is 2.33. The van der Waals surface area contributed by atoms with E-state index in [9.17, 15) is 4.39 Å². The van der Waals surface area contributed by atoms with Crippen molar-refractivity contribution < 1.29 is 4.39 Å². The summed E-state index contributed by atoms with van der Waals surface area (Å²) in [6.07, 6.45) is 1.58. The van der Waals surface area contributed by atoms with Crippen LogP contribution in [0.4, 0.5) is 27.5 Å². The minimum atomic E-state index is -0.437. The van der Waals surface area contributed by atoms with E-state index in [1.54, 1.807) is 36.5 Å². The van der Waals surface area contributed by atoms with Crippen molar-refractivity contribution in [1.82, 2.24) is 9.97 Å². The van der Waals surface area contributed by atoms with Crippen LogP contribution < -0.4 is 10.6 Å². The number of halogens is 3. The van der Waals surface area contributed by atoms with Gasteiger partial charge in [-0.05, 0) is 58.4 Å². The molecule has 124 valence electrons. The fourth-order valence-electron chi connectivity index (χ4n) is 2.04. The molecular weight excluding hydrogens is 409 g/mol. The van der Waals surface area contributed by atoms with E-state index in [-0.39, 0.29) is 5.02 Å². The molecular formula is C17H10BrClFN5. The van der Waals surface area contributed by atoms with Crippen LogP contribution in [-0.2, 0) is 0 Å². The molecule has 0 fully saturated rings. The molecule has 0 radical (unpaired) electrons. The molecule has 0 spiro atoms. The Balaban J connectivity index is 1.81. The summed E-state index contributed by atoms with van der Waals surface area (Å²) in [4.78, 5) is 8.48. The van der Waals surface area contributed by atoms with Crippen molar-refractivity contribution in [3.8, 4) is 6.07 Å². The predicted octanol–water partition coefficient (Wildman–Crippen LogP) is 5.39. The predicted molar refractivity (Wildman–Crippen MR) is 98.9 cm³/mol. The van der Waals surface area contributed by atoms with Crippen LogP contribution in [0.2, 0.25) is 5.02 Å². The molecule has 0 aliphatic heterocycles. The third-order valence-electron chi connectivity index (χ3n) is 3.19. The van der Waals surface area contributed by atoms with Crippen molar-refractivity contribution in [2.75, 3.05) is 10.6 Å². The topological polar surface area (TPSA) is 73.6 Å². The van der Waals surface area contributed by atoms with Gasteiger partial charge < -0.3 is 10.6 Å². The van der Waals surface area contributed by atoms with Crippen LogP contribution in [0, 0.1) is 17.1 Å². The van der Waals surface area contributed by atoms with Crippen LogP contribution in [-0.4, -0.2) is 9.97 Å². The molecule has 0 aliphatic rings. The van der Waals surface area contributed by atoms with Crippen LogP contribution in [0.5, 0.6) is 0 Å². The van der Waals surface area contributed by atoms with Gasteiger partial charge in [-0.2, -0.15) is 10.2 Å². The number of anilines is 4. The van der Waals surface area contributed by atoms with E-state index >= 15 is 0 Å². The number of aromatic nitrogens is 2. The lowest BCUT2D eigenvalue weighted by atomic mass is 10.2. The number of nitrogens with zero attached hydrogens (tertiary/aromatic N) is 3. The molecule has 0 saturated heterocycles. The summed E-state index contributed by atoms with van der Waals surface area (Å²) in [6, 6.07) is 13.2. The van der Waals surface area contributed by atoms with Crippen molar-refractivity contribution in [1.29, 1.82) is 5.26 Å². The van der Waals surface area contributed by atoms with E-state index < -0.39 is 5.82 Å². The molecule has 25 heavy (non-hydrogen) atoms. The Labute approximate surface area is 156 Å². The lowest BCUT2D eigenvalue weighted by Crippen LogP contribution is -2.01. The number of nitriles is 1. The highest BCUT2D eigenvalue weighted by molar-refractivity contribution is 9.10. The molecule has 0 unspecified atom stereocenters. The highest BCUT2D eigenvalue weighted by atomic mass is 79.9. The Hall–Kier alpha value is -2.69. The van der Waals surface area contributed by atoms with E-state index in [1.165, 1.54) is 12.1 Å². The normalized spacial score (nSPS) is 10.2. The lowest BCUT2D eigenvalue weighted by Gasteiger charge is -2.11. The van der Waals surface area contributed by atoms with Gasteiger partial charge in [0, 0.05) is 16.4 Å². The van der Waals surface area contributed by atoms with Crippen molar-refractivity contribution in [2.24, 2.45) is 0 Å². The number of hydrogen-bond acceptors (Lipinski definition) is 5.